The summed E-state index contributed by atoms with van der Waals surface area (Å²) in [6.07, 6.45) is 2.20. The summed E-state index contributed by atoms with van der Waals surface area (Å²) in [6, 6.07) is -0.447. The van der Waals surface area contributed by atoms with E-state index in [0.29, 0.717) is 31.1 Å². The number of carbonyl (C=O) groups excluding carboxylic acids is 2. The molecule has 0 spiro atoms. The predicted octanol–water partition coefficient (Wildman–Crippen LogP) is 1.51. The second kappa shape index (κ2) is 9.14. The van der Waals surface area contributed by atoms with E-state index in [9.17, 15) is 9.59 Å². The Balaban J connectivity index is 0.00000264. The third-order valence-corrected chi connectivity index (χ3v) is 4.92. The number of piperidine rings is 1. The normalized spacial score (nSPS) is 18.0. The first-order valence-electron chi connectivity index (χ1n) is 7.64. The van der Waals surface area contributed by atoms with Crippen LogP contribution < -0.4 is 11.1 Å². The van der Waals surface area contributed by atoms with Crippen molar-refractivity contribution >= 4 is 40.7 Å². The van der Waals surface area contributed by atoms with Crippen molar-refractivity contribution in [2.24, 2.45) is 17.6 Å². The standard InChI is InChI=1S/C14H23N5O2S.ClH/c1-3-9(2)11(15)13(21)19-6-4-10(5-7-19)12(20)17-14-18-16-8-22-14;/h8-11H,3-7,15H2,1-2H3,(H,17,18,20);1H. The number of hydrogen-bond acceptors (Lipinski definition) is 6. The number of aromatic nitrogens is 2. The lowest BCUT2D eigenvalue weighted by atomic mass is 9.93. The SMILES string of the molecule is CCC(C)C(N)C(=O)N1CCC(C(=O)Nc2nncs2)CC1.Cl. The number of rotatable bonds is 5. The van der Waals surface area contributed by atoms with Crippen LogP contribution in [0.5, 0.6) is 0 Å². The largest absolute Gasteiger partial charge is 0.341 e. The van der Waals surface area contributed by atoms with Gasteiger partial charge in [0.2, 0.25) is 16.9 Å². The Morgan fingerprint density at radius 1 is 1.48 bits per heavy atom. The molecule has 1 fully saturated rings. The molecule has 2 amide bonds. The number of nitrogens with one attached hydrogen (secondary N) is 1. The van der Waals surface area contributed by atoms with Gasteiger partial charge in [-0.2, -0.15) is 0 Å². The number of hydrogen-bond donors (Lipinski definition) is 2. The van der Waals surface area contributed by atoms with Crippen LogP contribution in [0.1, 0.15) is 33.1 Å². The summed E-state index contributed by atoms with van der Waals surface area (Å²) in [4.78, 5) is 26.2. The molecule has 2 rings (SSSR count). The van der Waals surface area contributed by atoms with Crippen LogP contribution in [0, 0.1) is 11.8 Å². The van der Waals surface area contributed by atoms with E-state index < -0.39 is 6.04 Å². The van der Waals surface area contributed by atoms with E-state index in [1.54, 1.807) is 10.4 Å². The van der Waals surface area contributed by atoms with Gasteiger partial charge in [-0.1, -0.05) is 31.6 Å². The topological polar surface area (TPSA) is 101 Å². The van der Waals surface area contributed by atoms with Gasteiger partial charge in [-0.3, -0.25) is 9.59 Å². The van der Waals surface area contributed by atoms with Crippen LogP contribution >= 0.6 is 23.7 Å². The molecule has 1 aliphatic rings. The molecule has 0 aliphatic carbocycles. The number of amides is 2. The third kappa shape index (κ3) is 5.12. The van der Waals surface area contributed by atoms with Crippen molar-refractivity contribution in [3.05, 3.63) is 5.51 Å². The van der Waals surface area contributed by atoms with Crippen molar-refractivity contribution in [2.75, 3.05) is 18.4 Å². The highest BCUT2D eigenvalue weighted by Gasteiger charge is 2.31. The van der Waals surface area contributed by atoms with Crippen LogP contribution in [-0.4, -0.2) is 46.0 Å². The van der Waals surface area contributed by atoms with Crippen LogP contribution in [0.2, 0.25) is 0 Å². The molecular weight excluding hydrogens is 338 g/mol. The lowest BCUT2D eigenvalue weighted by molar-refractivity contribution is -0.136. The van der Waals surface area contributed by atoms with Crippen molar-refractivity contribution in [1.29, 1.82) is 0 Å². The molecule has 2 atom stereocenters. The Morgan fingerprint density at radius 3 is 2.65 bits per heavy atom. The van der Waals surface area contributed by atoms with E-state index in [2.05, 4.69) is 15.5 Å². The van der Waals surface area contributed by atoms with E-state index >= 15 is 0 Å². The number of anilines is 1. The monoisotopic (exact) mass is 361 g/mol. The first kappa shape index (κ1) is 19.8. The maximum atomic E-state index is 12.3. The molecule has 3 N–H and O–H groups in total. The molecule has 1 saturated heterocycles. The van der Waals surface area contributed by atoms with Gasteiger partial charge < -0.3 is 16.0 Å². The van der Waals surface area contributed by atoms with Gasteiger partial charge in [0.15, 0.2) is 0 Å². The molecule has 2 unspecified atom stereocenters. The highest BCUT2D eigenvalue weighted by atomic mass is 35.5. The van der Waals surface area contributed by atoms with E-state index in [4.69, 9.17) is 5.73 Å². The fourth-order valence-electron chi connectivity index (χ4n) is 2.51. The quantitative estimate of drug-likeness (QED) is 0.827. The molecule has 7 nitrogen and oxygen atoms in total. The number of carbonyl (C=O) groups is 2. The summed E-state index contributed by atoms with van der Waals surface area (Å²) in [6.45, 7) is 5.18. The average Bonchev–Trinajstić information content (AvgIpc) is 3.05. The fourth-order valence-corrected chi connectivity index (χ4v) is 2.95. The average molecular weight is 362 g/mol. The number of nitrogens with two attached hydrogens (primary N) is 1. The van der Waals surface area contributed by atoms with Gasteiger partial charge in [0.1, 0.15) is 5.51 Å². The zero-order chi connectivity index (χ0) is 16.1. The minimum absolute atomic E-state index is 0. The van der Waals surface area contributed by atoms with Crippen molar-refractivity contribution in [1.82, 2.24) is 15.1 Å². The van der Waals surface area contributed by atoms with E-state index in [-0.39, 0.29) is 36.1 Å². The summed E-state index contributed by atoms with van der Waals surface area (Å²) in [7, 11) is 0. The first-order chi connectivity index (χ1) is 10.5. The molecule has 1 aromatic rings. The molecule has 0 saturated carbocycles. The van der Waals surface area contributed by atoms with Gasteiger partial charge in [-0.05, 0) is 18.8 Å². The summed E-state index contributed by atoms with van der Waals surface area (Å²) in [5, 5.41) is 10.8. The Kier molecular flexibility index (Phi) is 7.87. The highest BCUT2D eigenvalue weighted by Crippen LogP contribution is 2.21. The Labute approximate surface area is 146 Å². The molecular formula is C14H24ClN5O2S. The minimum Gasteiger partial charge on any atom is -0.341 e. The molecule has 2 heterocycles. The van der Waals surface area contributed by atoms with Gasteiger partial charge in [0.05, 0.1) is 6.04 Å². The second-order valence-corrected chi connectivity index (χ2v) is 6.58. The van der Waals surface area contributed by atoms with E-state index in [1.807, 2.05) is 13.8 Å². The fraction of sp³-hybridized carbons (Fsp3) is 0.714. The zero-order valence-electron chi connectivity index (χ0n) is 13.4. The lowest BCUT2D eigenvalue weighted by Crippen LogP contribution is -2.50. The van der Waals surface area contributed by atoms with Gasteiger partial charge in [0, 0.05) is 19.0 Å². The lowest BCUT2D eigenvalue weighted by Gasteiger charge is -2.33. The van der Waals surface area contributed by atoms with E-state index in [1.165, 1.54) is 11.3 Å². The van der Waals surface area contributed by atoms with Gasteiger partial charge >= 0.3 is 0 Å². The maximum Gasteiger partial charge on any atom is 0.239 e. The van der Waals surface area contributed by atoms with Crippen molar-refractivity contribution < 1.29 is 9.59 Å². The predicted molar refractivity (Wildman–Crippen MR) is 92.5 cm³/mol. The smallest absolute Gasteiger partial charge is 0.239 e. The minimum atomic E-state index is -0.447. The van der Waals surface area contributed by atoms with Gasteiger partial charge in [-0.15, -0.1) is 22.6 Å². The summed E-state index contributed by atoms with van der Waals surface area (Å²) < 4.78 is 0. The third-order valence-electron chi connectivity index (χ3n) is 4.31. The molecule has 130 valence electrons. The van der Waals surface area contributed by atoms with Crippen molar-refractivity contribution in [2.45, 2.75) is 39.2 Å². The summed E-state index contributed by atoms with van der Waals surface area (Å²) in [5.74, 6) is 0.0334. The van der Waals surface area contributed by atoms with E-state index in [0.717, 1.165) is 6.42 Å². The molecule has 1 aromatic heterocycles. The molecule has 0 bridgehead atoms. The van der Waals surface area contributed by atoms with Crippen LogP contribution in [0.15, 0.2) is 5.51 Å². The van der Waals surface area contributed by atoms with Crippen LogP contribution in [0.3, 0.4) is 0 Å². The second-order valence-electron chi connectivity index (χ2n) is 5.74. The Bertz CT molecular complexity index is 505. The molecule has 0 aromatic carbocycles. The van der Waals surface area contributed by atoms with Gasteiger partial charge in [-0.25, -0.2) is 0 Å². The maximum absolute atomic E-state index is 12.3. The summed E-state index contributed by atoms with van der Waals surface area (Å²) in [5.41, 5.74) is 7.58. The van der Waals surface area contributed by atoms with Gasteiger partial charge in [0.25, 0.3) is 0 Å². The zero-order valence-corrected chi connectivity index (χ0v) is 15.0. The first-order valence-corrected chi connectivity index (χ1v) is 8.52. The summed E-state index contributed by atoms with van der Waals surface area (Å²) >= 11 is 1.30. The molecule has 0 radical (unpaired) electrons. The molecule has 1 aliphatic heterocycles. The number of halogens is 1. The van der Waals surface area contributed by atoms with Crippen molar-refractivity contribution in [3.63, 3.8) is 0 Å². The highest BCUT2D eigenvalue weighted by molar-refractivity contribution is 7.13. The Morgan fingerprint density at radius 2 is 2.13 bits per heavy atom. The molecule has 9 heteroatoms. The van der Waals surface area contributed by atoms with Crippen molar-refractivity contribution in [3.8, 4) is 0 Å². The van der Waals surface area contributed by atoms with Crippen LogP contribution in [0.25, 0.3) is 0 Å². The van der Waals surface area contributed by atoms with Crippen LogP contribution in [-0.2, 0) is 9.59 Å². The Hall–Kier alpha value is -1.25. The van der Waals surface area contributed by atoms with Crippen LogP contribution in [0.4, 0.5) is 5.13 Å². The number of likely N-dealkylation sites (tertiary alicyclic amines) is 1. The number of nitrogens with zero attached hydrogens (tertiary/aromatic N) is 3. The molecule has 23 heavy (non-hydrogen) atoms.